The van der Waals surface area contributed by atoms with E-state index in [0.717, 1.165) is 27.5 Å². The van der Waals surface area contributed by atoms with Crippen LogP contribution in [0, 0.1) is 13.8 Å². The molecule has 0 saturated heterocycles. The second-order valence-corrected chi connectivity index (χ2v) is 4.79. The molecular weight excluding hydrogens is 240 g/mol. The molecule has 0 spiro atoms. The van der Waals surface area contributed by atoms with Crippen molar-refractivity contribution < 1.29 is 5.11 Å². The van der Waals surface area contributed by atoms with E-state index in [0.29, 0.717) is 12.4 Å². The van der Waals surface area contributed by atoms with Gasteiger partial charge in [0.2, 0.25) is 0 Å². The summed E-state index contributed by atoms with van der Waals surface area (Å²) in [5.41, 5.74) is 9.92. The van der Waals surface area contributed by atoms with Crippen LogP contribution in [0.5, 0.6) is 0 Å². The number of aliphatic hydroxyl groups is 1. The number of hydrogen-bond donors (Lipinski definition) is 2. The number of anilines is 1. The Labute approximate surface area is 110 Å². The molecule has 0 saturated carbocycles. The normalized spacial score (nSPS) is 11.5. The zero-order valence-electron chi connectivity index (χ0n) is 11.0. The number of aromatic nitrogens is 3. The van der Waals surface area contributed by atoms with Crippen LogP contribution in [-0.2, 0) is 6.54 Å². The van der Waals surface area contributed by atoms with Gasteiger partial charge in [-0.05, 0) is 31.0 Å². The van der Waals surface area contributed by atoms with Crippen molar-refractivity contribution in [1.82, 2.24) is 14.8 Å². The number of hydrogen-bond acceptors (Lipinski definition) is 4. The highest BCUT2D eigenvalue weighted by molar-refractivity contribution is 5.98. The van der Waals surface area contributed by atoms with Gasteiger partial charge in [-0.25, -0.2) is 9.67 Å². The molecule has 0 fully saturated rings. The van der Waals surface area contributed by atoms with E-state index in [-0.39, 0.29) is 6.61 Å². The van der Waals surface area contributed by atoms with Gasteiger partial charge in [-0.2, -0.15) is 5.10 Å². The molecule has 5 nitrogen and oxygen atoms in total. The summed E-state index contributed by atoms with van der Waals surface area (Å²) in [6.45, 7) is 4.51. The molecule has 98 valence electrons. The molecule has 1 aromatic carbocycles. The van der Waals surface area contributed by atoms with Gasteiger partial charge >= 0.3 is 0 Å². The molecular formula is C14H16N4O. The van der Waals surface area contributed by atoms with Crippen LogP contribution in [-0.4, -0.2) is 26.5 Å². The van der Waals surface area contributed by atoms with Crippen molar-refractivity contribution >= 4 is 27.8 Å². The van der Waals surface area contributed by atoms with E-state index in [9.17, 15) is 0 Å². The quantitative estimate of drug-likeness (QED) is 0.732. The van der Waals surface area contributed by atoms with E-state index >= 15 is 0 Å². The zero-order valence-corrected chi connectivity index (χ0v) is 11.0. The van der Waals surface area contributed by atoms with Crippen LogP contribution < -0.4 is 5.73 Å². The first-order valence-corrected chi connectivity index (χ1v) is 6.25. The number of fused-ring (bicyclic) bond motifs is 2. The Hall–Kier alpha value is -2.14. The van der Waals surface area contributed by atoms with E-state index in [1.807, 2.05) is 13.0 Å². The first-order valence-electron chi connectivity index (χ1n) is 6.25. The van der Waals surface area contributed by atoms with Crippen molar-refractivity contribution in [1.29, 1.82) is 0 Å². The summed E-state index contributed by atoms with van der Waals surface area (Å²) in [7, 11) is 0. The molecule has 0 aliphatic rings. The minimum Gasteiger partial charge on any atom is -0.394 e. The Morgan fingerprint density at radius 2 is 1.95 bits per heavy atom. The molecule has 3 rings (SSSR count). The van der Waals surface area contributed by atoms with Gasteiger partial charge in [0.05, 0.1) is 24.1 Å². The molecule has 0 bridgehead atoms. The first kappa shape index (κ1) is 11.9. The number of nitrogens with two attached hydrogens (primary N) is 1. The van der Waals surface area contributed by atoms with Crippen molar-refractivity contribution in [3.63, 3.8) is 0 Å². The monoisotopic (exact) mass is 256 g/mol. The highest BCUT2D eigenvalue weighted by Crippen LogP contribution is 2.27. The highest BCUT2D eigenvalue weighted by Gasteiger charge is 2.12. The van der Waals surface area contributed by atoms with Crippen molar-refractivity contribution in [3.8, 4) is 0 Å². The van der Waals surface area contributed by atoms with Crippen LogP contribution in [0.1, 0.15) is 11.1 Å². The lowest BCUT2D eigenvalue weighted by Crippen LogP contribution is -2.05. The van der Waals surface area contributed by atoms with Gasteiger partial charge in [-0.15, -0.1) is 0 Å². The molecule has 2 heterocycles. The molecule has 3 aromatic rings. The second-order valence-electron chi connectivity index (χ2n) is 4.79. The largest absolute Gasteiger partial charge is 0.394 e. The first-order chi connectivity index (χ1) is 9.11. The summed E-state index contributed by atoms with van der Waals surface area (Å²) >= 11 is 0. The molecule has 19 heavy (non-hydrogen) atoms. The molecule has 2 aromatic heterocycles. The fraction of sp³-hybridized carbons (Fsp3) is 0.286. The van der Waals surface area contributed by atoms with Crippen molar-refractivity contribution in [3.05, 3.63) is 29.3 Å². The standard InChI is InChI=1S/C14H16N4O/c1-8-3-4-9(2)12-10(8)7-11-13(15)17-18(5-6-19)14(11)16-12/h3-4,7,19H,5-6H2,1-2H3,(H2,15,17). The minimum absolute atomic E-state index is 0.0166. The van der Waals surface area contributed by atoms with E-state index in [1.54, 1.807) is 4.68 Å². The van der Waals surface area contributed by atoms with Crippen LogP contribution >= 0.6 is 0 Å². The molecule has 5 heteroatoms. The number of benzene rings is 1. The van der Waals surface area contributed by atoms with Gasteiger partial charge < -0.3 is 10.8 Å². The summed E-state index contributed by atoms with van der Waals surface area (Å²) in [6.07, 6.45) is 0. The maximum atomic E-state index is 9.07. The van der Waals surface area contributed by atoms with Crippen LogP contribution in [0.25, 0.3) is 21.9 Å². The topological polar surface area (TPSA) is 77.0 Å². The SMILES string of the molecule is Cc1ccc(C)c2nc3c(cc12)c(N)nn3CCO. The van der Waals surface area contributed by atoms with Gasteiger partial charge in [0.25, 0.3) is 0 Å². The fourth-order valence-corrected chi connectivity index (χ4v) is 2.39. The minimum atomic E-state index is 0.0166. The van der Waals surface area contributed by atoms with Crippen molar-refractivity contribution in [2.24, 2.45) is 0 Å². The summed E-state index contributed by atoms with van der Waals surface area (Å²) in [5.74, 6) is 0.457. The Balaban J connectivity index is 2.43. The fourth-order valence-electron chi connectivity index (χ4n) is 2.39. The maximum absolute atomic E-state index is 9.07. The van der Waals surface area contributed by atoms with Gasteiger partial charge in [0.15, 0.2) is 11.5 Å². The number of pyridine rings is 1. The van der Waals surface area contributed by atoms with E-state index in [2.05, 4.69) is 29.1 Å². The number of rotatable bonds is 2. The van der Waals surface area contributed by atoms with E-state index in [4.69, 9.17) is 10.8 Å². The van der Waals surface area contributed by atoms with E-state index in [1.165, 1.54) is 5.56 Å². The third-order valence-corrected chi connectivity index (χ3v) is 3.44. The highest BCUT2D eigenvalue weighted by atomic mass is 16.3. The van der Waals surface area contributed by atoms with Gasteiger partial charge in [0, 0.05) is 5.39 Å². The molecule has 0 radical (unpaired) electrons. The van der Waals surface area contributed by atoms with Crippen LogP contribution in [0.15, 0.2) is 18.2 Å². The van der Waals surface area contributed by atoms with Crippen molar-refractivity contribution in [2.75, 3.05) is 12.3 Å². The molecule has 3 N–H and O–H groups in total. The van der Waals surface area contributed by atoms with Crippen molar-refractivity contribution in [2.45, 2.75) is 20.4 Å². The number of nitrogens with zero attached hydrogens (tertiary/aromatic N) is 3. The van der Waals surface area contributed by atoms with Gasteiger partial charge in [-0.3, -0.25) is 0 Å². The van der Waals surface area contributed by atoms with E-state index < -0.39 is 0 Å². The molecule has 0 amide bonds. The van der Waals surface area contributed by atoms with Crippen LogP contribution in [0.2, 0.25) is 0 Å². The average molecular weight is 256 g/mol. The molecule has 0 atom stereocenters. The average Bonchev–Trinajstić information content (AvgIpc) is 2.70. The second kappa shape index (κ2) is 4.20. The maximum Gasteiger partial charge on any atom is 0.160 e. The lowest BCUT2D eigenvalue weighted by molar-refractivity contribution is 0.271. The van der Waals surface area contributed by atoms with Gasteiger partial charge in [0.1, 0.15) is 0 Å². The zero-order chi connectivity index (χ0) is 13.6. The Morgan fingerprint density at radius 3 is 2.68 bits per heavy atom. The third kappa shape index (κ3) is 1.74. The lowest BCUT2D eigenvalue weighted by atomic mass is 10.0. The third-order valence-electron chi connectivity index (χ3n) is 3.44. The Morgan fingerprint density at radius 1 is 1.21 bits per heavy atom. The summed E-state index contributed by atoms with van der Waals surface area (Å²) < 4.78 is 1.66. The number of aliphatic hydroxyl groups excluding tert-OH is 1. The Kier molecular flexibility index (Phi) is 2.64. The molecule has 0 unspecified atom stereocenters. The summed E-state index contributed by atoms with van der Waals surface area (Å²) in [4.78, 5) is 4.69. The van der Waals surface area contributed by atoms with Crippen LogP contribution in [0.3, 0.4) is 0 Å². The summed E-state index contributed by atoms with van der Waals surface area (Å²) in [5, 5.41) is 15.2. The lowest BCUT2D eigenvalue weighted by Gasteiger charge is -2.06. The molecule has 0 aliphatic heterocycles. The predicted molar refractivity (Wildman–Crippen MR) is 76.0 cm³/mol. The summed E-state index contributed by atoms with van der Waals surface area (Å²) in [6, 6.07) is 6.18. The van der Waals surface area contributed by atoms with Gasteiger partial charge in [-0.1, -0.05) is 12.1 Å². The van der Waals surface area contributed by atoms with Crippen LogP contribution in [0.4, 0.5) is 5.82 Å². The smallest absolute Gasteiger partial charge is 0.160 e. The predicted octanol–water partition coefficient (Wildman–Crippen LogP) is 1.78. The number of aryl methyl sites for hydroxylation is 2. The molecule has 0 aliphatic carbocycles. The number of nitrogen functional groups attached to an aromatic ring is 1. The Bertz CT molecular complexity index is 776.